The molecule has 0 bridgehead atoms. The van der Waals surface area contributed by atoms with Crippen LogP contribution in [0.1, 0.15) is 5.56 Å². The van der Waals surface area contributed by atoms with E-state index in [-0.39, 0.29) is 11.4 Å². The van der Waals surface area contributed by atoms with Crippen molar-refractivity contribution in [2.24, 2.45) is 0 Å². The summed E-state index contributed by atoms with van der Waals surface area (Å²) in [5, 5.41) is 4.39. The SMILES string of the molecule is Cc1ccc(N)c(NC(=O)C(=O)Nc2ccc(F)cc2F)c1. The highest BCUT2D eigenvalue weighted by Gasteiger charge is 2.17. The van der Waals surface area contributed by atoms with Crippen molar-refractivity contribution in [3.63, 3.8) is 0 Å². The molecule has 0 saturated heterocycles. The van der Waals surface area contributed by atoms with Crippen molar-refractivity contribution in [2.75, 3.05) is 16.4 Å². The molecule has 4 N–H and O–H groups in total. The normalized spacial score (nSPS) is 10.1. The zero-order valence-corrected chi connectivity index (χ0v) is 11.6. The Kier molecular flexibility index (Phi) is 4.36. The Bertz CT molecular complexity index is 748. The second-order valence-corrected chi connectivity index (χ2v) is 4.62. The highest BCUT2D eigenvalue weighted by molar-refractivity contribution is 6.43. The van der Waals surface area contributed by atoms with Crippen molar-refractivity contribution in [3.8, 4) is 0 Å². The largest absolute Gasteiger partial charge is 0.397 e. The fourth-order valence-electron chi connectivity index (χ4n) is 1.73. The molecule has 114 valence electrons. The minimum Gasteiger partial charge on any atom is -0.397 e. The van der Waals surface area contributed by atoms with Crippen LogP contribution in [0.2, 0.25) is 0 Å². The van der Waals surface area contributed by atoms with Crippen molar-refractivity contribution in [1.82, 2.24) is 0 Å². The molecular formula is C15H13F2N3O2. The summed E-state index contributed by atoms with van der Waals surface area (Å²) in [6.07, 6.45) is 0. The van der Waals surface area contributed by atoms with Gasteiger partial charge in [0.1, 0.15) is 11.6 Å². The highest BCUT2D eigenvalue weighted by Crippen LogP contribution is 2.20. The monoisotopic (exact) mass is 305 g/mol. The van der Waals surface area contributed by atoms with Crippen LogP contribution in [0.4, 0.5) is 25.8 Å². The molecule has 0 aliphatic carbocycles. The van der Waals surface area contributed by atoms with E-state index in [0.29, 0.717) is 11.8 Å². The molecule has 7 heteroatoms. The van der Waals surface area contributed by atoms with Crippen LogP contribution < -0.4 is 16.4 Å². The molecule has 2 aromatic carbocycles. The van der Waals surface area contributed by atoms with Crippen LogP contribution in [0, 0.1) is 18.6 Å². The molecule has 0 heterocycles. The summed E-state index contributed by atoms with van der Waals surface area (Å²) in [5.41, 5.74) is 6.80. The summed E-state index contributed by atoms with van der Waals surface area (Å²) in [5.74, 6) is -3.86. The molecular weight excluding hydrogens is 292 g/mol. The number of carbonyl (C=O) groups excluding carboxylic acids is 2. The fraction of sp³-hybridized carbons (Fsp3) is 0.0667. The third kappa shape index (κ3) is 3.57. The lowest BCUT2D eigenvalue weighted by Gasteiger charge is -2.10. The zero-order valence-electron chi connectivity index (χ0n) is 11.6. The minimum atomic E-state index is -1.09. The molecule has 0 aliphatic rings. The third-order valence-electron chi connectivity index (χ3n) is 2.84. The maximum absolute atomic E-state index is 13.4. The van der Waals surface area contributed by atoms with Crippen LogP contribution in [0.3, 0.4) is 0 Å². The predicted molar refractivity (Wildman–Crippen MR) is 79.2 cm³/mol. The van der Waals surface area contributed by atoms with Gasteiger partial charge in [0.25, 0.3) is 0 Å². The predicted octanol–water partition coefficient (Wildman–Crippen LogP) is 2.43. The minimum absolute atomic E-state index is 0.278. The molecule has 2 amide bonds. The van der Waals surface area contributed by atoms with Gasteiger partial charge in [-0.05, 0) is 36.8 Å². The molecule has 0 saturated carbocycles. The number of benzene rings is 2. The van der Waals surface area contributed by atoms with Gasteiger partial charge in [-0.15, -0.1) is 0 Å². The molecule has 0 fully saturated rings. The Morgan fingerprint density at radius 1 is 0.955 bits per heavy atom. The molecule has 5 nitrogen and oxygen atoms in total. The summed E-state index contributed by atoms with van der Waals surface area (Å²) in [6.45, 7) is 1.79. The third-order valence-corrected chi connectivity index (χ3v) is 2.84. The topological polar surface area (TPSA) is 84.2 Å². The first-order valence-electron chi connectivity index (χ1n) is 6.30. The lowest BCUT2D eigenvalue weighted by atomic mass is 10.2. The summed E-state index contributed by atoms with van der Waals surface area (Å²) >= 11 is 0. The standard InChI is InChI=1S/C15H13F2N3O2/c1-8-2-4-11(18)13(6-8)20-15(22)14(21)19-12-5-3-9(16)7-10(12)17/h2-7H,18H2,1H3,(H,19,21)(H,20,22). The van der Waals surface area contributed by atoms with Gasteiger partial charge in [-0.1, -0.05) is 6.07 Å². The van der Waals surface area contributed by atoms with E-state index >= 15 is 0 Å². The maximum Gasteiger partial charge on any atom is 0.314 e. The first kappa shape index (κ1) is 15.4. The molecule has 0 radical (unpaired) electrons. The maximum atomic E-state index is 13.4. The molecule has 2 aromatic rings. The van der Waals surface area contributed by atoms with Gasteiger partial charge in [-0.25, -0.2) is 8.78 Å². The van der Waals surface area contributed by atoms with E-state index in [1.165, 1.54) is 0 Å². The van der Waals surface area contributed by atoms with Crippen LogP contribution in [0.15, 0.2) is 36.4 Å². The lowest BCUT2D eigenvalue weighted by molar-refractivity contribution is -0.133. The van der Waals surface area contributed by atoms with Gasteiger partial charge in [0.05, 0.1) is 17.1 Å². The van der Waals surface area contributed by atoms with Gasteiger partial charge >= 0.3 is 11.8 Å². The molecule has 0 atom stereocenters. The summed E-state index contributed by atoms with van der Waals surface area (Å²) in [4.78, 5) is 23.5. The first-order chi connectivity index (χ1) is 10.4. The number of halogens is 2. The second kappa shape index (κ2) is 6.21. The fourth-order valence-corrected chi connectivity index (χ4v) is 1.73. The van der Waals surface area contributed by atoms with E-state index in [2.05, 4.69) is 10.6 Å². The Labute approximate surface area is 125 Å². The summed E-state index contributed by atoms with van der Waals surface area (Å²) in [7, 11) is 0. The molecule has 0 spiro atoms. The van der Waals surface area contributed by atoms with Crippen molar-refractivity contribution in [1.29, 1.82) is 0 Å². The van der Waals surface area contributed by atoms with Crippen molar-refractivity contribution < 1.29 is 18.4 Å². The van der Waals surface area contributed by atoms with Crippen LogP contribution in [-0.2, 0) is 9.59 Å². The van der Waals surface area contributed by atoms with Crippen LogP contribution in [-0.4, -0.2) is 11.8 Å². The van der Waals surface area contributed by atoms with E-state index < -0.39 is 23.4 Å². The smallest absolute Gasteiger partial charge is 0.314 e. The van der Waals surface area contributed by atoms with Crippen molar-refractivity contribution in [3.05, 3.63) is 53.6 Å². The average Bonchev–Trinajstić information content (AvgIpc) is 2.45. The molecule has 22 heavy (non-hydrogen) atoms. The number of nitrogens with two attached hydrogens (primary N) is 1. The second-order valence-electron chi connectivity index (χ2n) is 4.62. The Hall–Kier alpha value is -2.96. The molecule has 0 aromatic heterocycles. The highest BCUT2D eigenvalue weighted by atomic mass is 19.1. The molecule has 0 unspecified atom stereocenters. The van der Waals surface area contributed by atoms with Crippen LogP contribution in [0.25, 0.3) is 0 Å². The van der Waals surface area contributed by atoms with Crippen LogP contribution in [0.5, 0.6) is 0 Å². The Morgan fingerprint density at radius 3 is 2.23 bits per heavy atom. The summed E-state index contributed by atoms with van der Waals surface area (Å²) < 4.78 is 26.2. The Morgan fingerprint density at radius 2 is 1.59 bits per heavy atom. The van der Waals surface area contributed by atoms with Crippen molar-refractivity contribution in [2.45, 2.75) is 6.92 Å². The van der Waals surface area contributed by atoms with Crippen LogP contribution >= 0.6 is 0 Å². The number of rotatable bonds is 2. The first-order valence-corrected chi connectivity index (χ1v) is 6.30. The number of aryl methyl sites for hydroxylation is 1. The quantitative estimate of drug-likeness (QED) is 0.588. The average molecular weight is 305 g/mol. The van der Waals surface area contributed by atoms with E-state index in [1.807, 2.05) is 0 Å². The zero-order chi connectivity index (χ0) is 16.3. The summed E-state index contributed by atoms with van der Waals surface area (Å²) in [6, 6.07) is 7.53. The van der Waals surface area contributed by atoms with Gasteiger partial charge < -0.3 is 16.4 Å². The van der Waals surface area contributed by atoms with E-state index in [4.69, 9.17) is 5.73 Å². The molecule has 0 aliphatic heterocycles. The number of amides is 2. The lowest BCUT2D eigenvalue weighted by Crippen LogP contribution is -2.29. The Balaban J connectivity index is 2.09. The number of nitrogen functional groups attached to an aromatic ring is 1. The van der Waals surface area contributed by atoms with Gasteiger partial charge in [0.2, 0.25) is 0 Å². The van der Waals surface area contributed by atoms with E-state index in [0.717, 1.165) is 17.7 Å². The number of hydrogen-bond acceptors (Lipinski definition) is 3. The van der Waals surface area contributed by atoms with Gasteiger partial charge in [0.15, 0.2) is 0 Å². The van der Waals surface area contributed by atoms with Crippen molar-refractivity contribution >= 4 is 28.9 Å². The number of carbonyl (C=O) groups is 2. The van der Waals surface area contributed by atoms with Gasteiger partial charge in [0, 0.05) is 6.07 Å². The van der Waals surface area contributed by atoms with Gasteiger partial charge in [-0.2, -0.15) is 0 Å². The van der Waals surface area contributed by atoms with Gasteiger partial charge in [-0.3, -0.25) is 9.59 Å². The molecule has 2 rings (SSSR count). The number of hydrogen-bond donors (Lipinski definition) is 3. The van der Waals surface area contributed by atoms with E-state index in [1.54, 1.807) is 25.1 Å². The number of nitrogens with one attached hydrogen (secondary N) is 2. The van der Waals surface area contributed by atoms with E-state index in [9.17, 15) is 18.4 Å². The number of anilines is 3.